The first-order valence-corrected chi connectivity index (χ1v) is 7.86. The van der Waals surface area contributed by atoms with Crippen LogP contribution in [-0.4, -0.2) is 19.6 Å². The van der Waals surface area contributed by atoms with Crippen molar-refractivity contribution in [1.29, 1.82) is 0 Å². The number of benzene rings is 1. The van der Waals surface area contributed by atoms with Crippen molar-refractivity contribution in [3.05, 3.63) is 23.8 Å². The summed E-state index contributed by atoms with van der Waals surface area (Å²) in [5, 5.41) is 3.62. The third-order valence-electron chi connectivity index (χ3n) is 5.00. The molecule has 0 radical (unpaired) electrons. The number of rotatable bonds is 2. The van der Waals surface area contributed by atoms with E-state index in [4.69, 9.17) is 0 Å². The highest BCUT2D eigenvalue weighted by atomic mass is 15.2. The zero-order chi connectivity index (χ0) is 13.2. The third-order valence-corrected chi connectivity index (χ3v) is 5.00. The average molecular weight is 258 g/mol. The van der Waals surface area contributed by atoms with Crippen molar-refractivity contribution in [3.63, 3.8) is 0 Å². The van der Waals surface area contributed by atoms with Crippen LogP contribution >= 0.6 is 0 Å². The number of para-hydroxylation sites is 1. The van der Waals surface area contributed by atoms with Crippen LogP contribution in [0.25, 0.3) is 0 Å². The van der Waals surface area contributed by atoms with E-state index >= 15 is 0 Å². The molecule has 2 unspecified atom stereocenters. The van der Waals surface area contributed by atoms with Gasteiger partial charge in [0.2, 0.25) is 0 Å². The molecule has 0 spiro atoms. The van der Waals surface area contributed by atoms with Crippen LogP contribution in [0.3, 0.4) is 0 Å². The quantitative estimate of drug-likeness (QED) is 0.860. The van der Waals surface area contributed by atoms with Gasteiger partial charge in [-0.2, -0.15) is 0 Å². The first-order valence-electron chi connectivity index (χ1n) is 7.86. The van der Waals surface area contributed by atoms with E-state index in [9.17, 15) is 0 Å². The summed E-state index contributed by atoms with van der Waals surface area (Å²) in [5.74, 6) is 0.818. The predicted octanol–water partition coefficient (Wildman–Crippen LogP) is 4.06. The third kappa shape index (κ3) is 2.45. The molecule has 0 saturated heterocycles. The number of hydrogen-bond donors (Lipinski definition) is 1. The molecule has 1 fully saturated rings. The number of aryl methyl sites for hydroxylation is 1. The highest BCUT2D eigenvalue weighted by Gasteiger charge is 2.27. The van der Waals surface area contributed by atoms with E-state index in [1.54, 1.807) is 0 Å². The molecule has 0 aromatic heterocycles. The second-order valence-electron chi connectivity index (χ2n) is 6.28. The molecule has 2 heteroatoms. The first kappa shape index (κ1) is 12.8. The van der Waals surface area contributed by atoms with Gasteiger partial charge in [0, 0.05) is 19.6 Å². The van der Waals surface area contributed by atoms with Crippen LogP contribution in [0.4, 0.5) is 11.4 Å². The zero-order valence-corrected chi connectivity index (χ0v) is 12.3. The van der Waals surface area contributed by atoms with E-state index in [-0.39, 0.29) is 0 Å². The van der Waals surface area contributed by atoms with E-state index in [1.807, 2.05) is 0 Å². The van der Waals surface area contributed by atoms with Crippen LogP contribution in [0, 0.1) is 5.92 Å². The topological polar surface area (TPSA) is 15.3 Å². The normalized spacial score (nSPS) is 26.4. The minimum Gasteiger partial charge on any atom is -0.383 e. The van der Waals surface area contributed by atoms with Crippen molar-refractivity contribution in [2.24, 2.45) is 5.92 Å². The van der Waals surface area contributed by atoms with Gasteiger partial charge in [0.15, 0.2) is 0 Å². The lowest BCUT2D eigenvalue weighted by Gasteiger charge is -2.39. The Morgan fingerprint density at radius 3 is 2.84 bits per heavy atom. The Morgan fingerprint density at radius 2 is 2.00 bits per heavy atom. The van der Waals surface area contributed by atoms with E-state index in [1.165, 1.54) is 55.5 Å². The van der Waals surface area contributed by atoms with Crippen molar-refractivity contribution >= 4 is 11.4 Å². The Hall–Kier alpha value is -1.18. The minimum atomic E-state index is 0.712. The Morgan fingerprint density at radius 1 is 1.16 bits per heavy atom. The number of fused-ring (bicyclic) bond motifs is 1. The molecule has 1 heterocycles. The number of anilines is 2. The summed E-state index contributed by atoms with van der Waals surface area (Å²) in [4.78, 5) is 2.54. The monoisotopic (exact) mass is 258 g/mol. The van der Waals surface area contributed by atoms with Crippen molar-refractivity contribution in [3.8, 4) is 0 Å². The summed E-state index contributed by atoms with van der Waals surface area (Å²) in [5.41, 5.74) is 4.31. The van der Waals surface area contributed by atoms with Crippen molar-refractivity contribution in [1.82, 2.24) is 0 Å². The molecule has 19 heavy (non-hydrogen) atoms. The van der Waals surface area contributed by atoms with Gasteiger partial charge in [-0.25, -0.2) is 0 Å². The second-order valence-corrected chi connectivity index (χ2v) is 6.28. The Bertz CT molecular complexity index is 441. The summed E-state index contributed by atoms with van der Waals surface area (Å²) in [6.07, 6.45) is 8.03. The van der Waals surface area contributed by atoms with Gasteiger partial charge in [0.1, 0.15) is 0 Å². The molecule has 1 saturated carbocycles. The molecule has 1 N–H and O–H groups in total. The van der Waals surface area contributed by atoms with Gasteiger partial charge in [-0.3, -0.25) is 0 Å². The molecule has 1 aliphatic carbocycles. The van der Waals surface area contributed by atoms with Crippen LogP contribution < -0.4 is 10.2 Å². The van der Waals surface area contributed by atoms with Crippen molar-refractivity contribution < 1.29 is 0 Å². The molecule has 104 valence electrons. The summed E-state index contributed by atoms with van der Waals surface area (Å²) in [7, 11) is 2.29. The van der Waals surface area contributed by atoms with E-state index < -0.39 is 0 Å². The maximum absolute atomic E-state index is 3.62. The smallest absolute Gasteiger partial charge is 0.0610 e. The summed E-state index contributed by atoms with van der Waals surface area (Å²) in [6.45, 7) is 3.54. The van der Waals surface area contributed by atoms with Crippen LogP contribution in [-0.2, 0) is 6.42 Å². The second kappa shape index (κ2) is 5.44. The highest BCUT2D eigenvalue weighted by Crippen LogP contribution is 2.37. The average Bonchev–Trinajstić information content (AvgIpc) is 2.46. The molecular formula is C17H26N2. The lowest BCUT2D eigenvalue weighted by atomic mass is 9.84. The van der Waals surface area contributed by atoms with Crippen LogP contribution in [0.1, 0.15) is 44.6 Å². The van der Waals surface area contributed by atoms with Crippen LogP contribution in [0.15, 0.2) is 18.2 Å². The Balaban J connectivity index is 1.88. The van der Waals surface area contributed by atoms with Gasteiger partial charge in [0.25, 0.3) is 0 Å². The number of hydrogen-bond acceptors (Lipinski definition) is 2. The fourth-order valence-electron chi connectivity index (χ4n) is 3.84. The van der Waals surface area contributed by atoms with Gasteiger partial charge in [-0.15, -0.1) is 0 Å². The SMILES string of the molecule is CC1CCCCC1N(C)c1cccc2c1NCCC2. The summed E-state index contributed by atoms with van der Waals surface area (Å²) < 4.78 is 0. The van der Waals surface area contributed by atoms with Crippen molar-refractivity contribution in [2.45, 2.75) is 51.5 Å². The van der Waals surface area contributed by atoms with Crippen LogP contribution in [0.2, 0.25) is 0 Å². The van der Waals surface area contributed by atoms with Gasteiger partial charge < -0.3 is 10.2 Å². The van der Waals surface area contributed by atoms with Crippen molar-refractivity contribution in [2.75, 3.05) is 23.8 Å². The molecule has 0 bridgehead atoms. The fraction of sp³-hybridized carbons (Fsp3) is 0.647. The van der Waals surface area contributed by atoms with Gasteiger partial charge in [0.05, 0.1) is 11.4 Å². The molecule has 2 aliphatic rings. The standard InChI is InChI=1S/C17H26N2/c1-13-7-3-4-10-15(13)19(2)16-11-5-8-14-9-6-12-18-17(14)16/h5,8,11,13,15,18H,3-4,6-7,9-10,12H2,1-2H3. The maximum Gasteiger partial charge on any atom is 0.0610 e. The highest BCUT2D eigenvalue weighted by molar-refractivity contribution is 5.74. The summed E-state index contributed by atoms with van der Waals surface area (Å²) in [6, 6.07) is 7.51. The largest absolute Gasteiger partial charge is 0.383 e. The van der Waals surface area contributed by atoms with Crippen LogP contribution in [0.5, 0.6) is 0 Å². The fourth-order valence-corrected chi connectivity index (χ4v) is 3.84. The minimum absolute atomic E-state index is 0.712. The Labute approximate surface area is 117 Å². The number of nitrogens with one attached hydrogen (secondary N) is 1. The molecule has 1 aliphatic heterocycles. The van der Waals surface area contributed by atoms with E-state index in [0.717, 1.165) is 12.5 Å². The molecule has 0 amide bonds. The molecule has 1 aromatic carbocycles. The van der Waals surface area contributed by atoms with E-state index in [2.05, 4.69) is 42.4 Å². The summed E-state index contributed by atoms with van der Waals surface area (Å²) >= 11 is 0. The van der Waals surface area contributed by atoms with E-state index in [0.29, 0.717) is 6.04 Å². The zero-order valence-electron chi connectivity index (χ0n) is 12.3. The molecular weight excluding hydrogens is 232 g/mol. The lowest BCUT2D eigenvalue weighted by molar-refractivity contribution is 0.322. The molecule has 1 aromatic rings. The van der Waals surface area contributed by atoms with Gasteiger partial charge in [-0.1, -0.05) is 31.9 Å². The number of nitrogens with zero attached hydrogens (tertiary/aromatic N) is 1. The Kier molecular flexibility index (Phi) is 3.67. The molecule has 2 atom stereocenters. The predicted molar refractivity (Wildman–Crippen MR) is 83.1 cm³/mol. The molecule has 2 nitrogen and oxygen atoms in total. The maximum atomic E-state index is 3.62. The first-order chi connectivity index (χ1) is 9.27. The molecule has 3 rings (SSSR count). The van der Waals surface area contributed by atoms with Gasteiger partial charge in [-0.05, 0) is 43.2 Å². The van der Waals surface area contributed by atoms with Gasteiger partial charge >= 0.3 is 0 Å². The lowest BCUT2D eigenvalue weighted by Crippen LogP contribution is -2.39.